The third-order valence-corrected chi connectivity index (χ3v) is 11.2. The Labute approximate surface area is 299 Å². The Morgan fingerprint density at radius 3 is 1.08 bits per heavy atom. The summed E-state index contributed by atoms with van der Waals surface area (Å²) in [5.41, 5.74) is 7.46. The third kappa shape index (κ3) is 12.3. The van der Waals surface area contributed by atoms with Crippen molar-refractivity contribution < 1.29 is 14.4 Å². The van der Waals surface area contributed by atoms with E-state index in [1.807, 2.05) is 97.1 Å². The molecule has 7 nitrogen and oxygen atoms in total. The van der Waals surface area contributed by atoms with Crippen LogP contribution in [0.25, 0.3) is 0 Å². The number of hydrogen-bond donors (Lipinski definition) is 4. The van der Waals surface area contributed by atoms with Gasteiger partial charge in [0.25, 0.3) is 10.5 Å². The summed E-state index contributed by atoms with van der Waals surface area (Å²) in [7, 11) is 0. The Morgan fingerprint density at radius 2 is 0.776 bits per heavy atom. The van der Waals surface area contributed by atoms with Crippen molar-refractivity contribution in [1.29, 1.82) is 0 Å². The number of anilines is 4. The molecule has 0 saturated carbocycles. The molecular formula is C40H48N4O3S2. The van der Waals surface area contributed by atoms with Crippen LogP contribution in [0.2, 0.25) is 0 Å². The normalized spacial score (nSPS) is 11.5. The second-order valence-electron chi connectivity index (χ2n) is 13.0. The average molecular weight is 697 g/mol. The second-order valence-corrected chi connectivity index (χ2v) is 16.3. The van der Waals surface area contributed by atoms with Crippen LogP contribution in [0.3, 0.4) is 0 Å². The van der Waals surface area contributed by atoms with E-state index in [1.165, 1.54) is 23.5 Å². The molecule has 0 aliphatic carbocycles. The molecule has 0 bridgehead atoms. The van der Waals surface area contributed by atoms with Gasteiger partial charge in [0.1, 0.15) is 0 Å². The molecule has 0 radical (unpaired) electrons. The topological polar surface area (TPSA) is 99.3 Å². The minimum Gasteiger partial charge on any atom is -0.317 e. The predicted molar refractivity (Wildman–Crippen MR) is 211 cm³/mol. The molecule has 0 aliphatic heterocycles. The minimum atomic E-state index is -0.312. The zero-order chi connectivity index (χ0) is 35.4. The fourth-order valence-corrected chi connectivity index (χ4v) is 6.54. The van der Waals surface area contributed by atoms with Gasteiger partial charge in [-0.05, 0) is 110 Å². The number of nitrogens with one attached hydrogen (secondary N) is 4. The molecule has 4 aromatic rings. The van der Waals surface area contributed by atoms with Crippen LogP contribution >= 0.6 is 23.5 Å². The Balaban J connectivity index is 1.21. The first kappa shape index (κ1) is 37.6. The van der Waals surface area contributed by atoms with Crippen LogP contribution < -0.4 is 21.3 Å². The number of carbonyl (C=O) groups is 3. The van der Waals surface area contributed by atoms with Gasteiger partial charge >= 0.3 is 6.03 Å². The van der Waals surface area contributed by atoms with Crippen molar-refractivity contribution in [1.82, 2.24) is 0 Å². The minimum absolute atomic E-state index is 0.0315. The highest BCUT2D eigenvalue weighted by atomic mass is 32.2. The monoisotopic (exact) mass is 696 g/mol. The Hall–Kier alpha value is -4.21. The molecule has 49 heavy (non-hydrogen) atoms. The zero-order valence-corrected chi connectivity index (χ0v) is 30.9. The van der Waals surface area contributed by atoms with Gasteiger partial charge < -0.3 is 21.3 Å². The van der Waals surface area contributed by atoms with Crippen molar-refractivity contribution in [2.45, 2.75) is 83.1 Å². The lowest BCUT2D eigenvalue weighted by Crippen LogP contribution is -2.22. The fourth-order valence-electron chi connectivity index (χ4n) is 4.82. The van der Waals surface area contributed by atoms with Crippen LogP contribution in [-0.2, 0) is 12.8 Å². The largest absolute Gasteiger partial charge is 0.323 e. The van der Waals surface area contributed by atoms with E-state index < -0.39 is 0 Å². The first-order valence-electron chi connectivity index (χ1n) is 16.8. The molecule has 4 aromatic carbocycles. The maximum absolute atomic E-state index is 12.7. The van der Waals surface area contributed by atoms with Crippen molar-refractivity contribution in [3.63, 3.8) is 0 Å². The number of rotatable bonds is 13. The predicted octanol–water partition coefficient (Wildman–Crippen LogP) is 11.8. The molecule has 4 N–H and O–H groups in total. The molecule has 4 amide bonds. The molecule has 0 atom stereocenters. The highest BCUT2D eigenvalue weighted by Gasteiger charge is 2.24. The van der Waals surface area contributed by atoms with Gasteiger partial charge in [0.2, 0.25) is 0 Å². The summed E-state index contributed by atoms with van der Waals surface area (Å²) >= 11 is 2.68. The van der Waals surface area contributed by atoms with Crippen LogP contribution in [0.15, 0.2) is 97.1 Å². The molecule has 0 fully saturated rings. The lowest BCUT2D eigenvalue weighted by molar-refractivity contribution is 0.262. The smallest absolute Gasteiger partial charge is 0.317 e. The molecular weight excluding hydrogens is 649 g/mol. The second kappa shape index (κ2) is 17.4. The van der Waals surface area contributed by atoms with E-state index in [-0.39, 0.29) is 26.0 Å². The van der Waals surface area contributed by atoms with Crippen LogP contribution in [0.5, 0.6) is 0 Å². The molecule has 4 rings (SSSR count). The molecule has 0 heterocycles. The van der Waals surface area contributed by atoms with Crippen molar-refractivity contribution in [2.24, 2.45) is 0 Å². The molecule has 0 aromatic heterocycles. The molecule has 0 saturated heterocycles. The quantitative estimate of drug-likeness (QED) is 0.111. The van der Waals surface area contributed by atoms with E-state index in [1.54, 1.807) is 0 Å². The maximum Gasteiger partial charge on any atom is 0.323 e. The number of urea groups is 1. The van der Waals surface area contributed by atoms with Gasteiger partial charge in [0.15, 0.2) is 0 Å². The Kier molecular flexibility index (Phi) is 13.4. The van der Waals surface area contributed by atoms with E-state index in [2.05, 4.69) is 62.8 Å². The highest BCUT2D eigenvalue weighted by molar-refractivity contribution is 8.15. The van der Waals surface area contributed by atoms with Gasteiger partial charge in [-0.15, -0.1) is 0 Å². The van der Waals surface area contributed by atoms with Crippen molar-refractivity contribution >= 4 is 62.8 Å². The lowest BCUT2D eigenvalue weighted by atomic mass is 10.0. The first-order chi connectivity index (χ1) is 23.4. The summed E-state index contributed by atoms with van der Waals surface area (Å²) < 4.78 is -0.151. The number of thioether (sulfide) groups is 2. The van der Waals surface area contributed by atoms with Crippen LogP contribution in [0.4, 0.5) is 37.1 Å². The van der Waals surface area contributed by atoms with E-state index >= 15 is 0 Å². The number of hydrogen-bond acceptors (Lipinski definition) is 5. The number of benzene rings is 4. The van der Waals surface area contributed by atoms with Crippen LogP contribution in [-0.4, -0.2) is 26.0 Å². The summed E-state index contributed by atoms with van der Waals surface area (Å²) in [6.07, 6.45) is 4.27. The number of carbonyl (C=O) groups excluding carboxylic acids is 3. The standard InChI is InChI=1S/C40H48N4O3S2/c1-7-39(4,5)48-37(46)43-34-22-14-30(15-23-34)26-28-10-18-32(19-11-28)41-36(45)42-33-20-12-29(13-21-33)27-31-16-24-35(25-17-31)44-38(47)49-40(6,8-2)9-3/h10-25H,7-9,26-27H2,1-6H3,(H,43,46)(H,44,47)(H2,41,42,45). The van der Waals surface area contributed by atoms with Crippen LogP contribution in [0, 0.1) is 0 Å². The van der Waals surface area contributed by atoms with Gasteiger partial charge in [0.05, 0.1) is 0 Å². The molecule has 0 aliphatic rings. The SMILES string of the molecule is CCC(C)(C)SC(=O)Nc1ccc(Cc2ccc(NC(=O)Nc3ccc(Cc4ccc(NC(=O)SC(C)(CC)CC)cc4)cc3)cc2)cc1. The summed E-state index contributed by atoms with van der Waals surface area (Å²) in [6.45, 7) is 12.5. The highest BCUT2D eigenvalue weighted by Crippen LogP contribution is 2.33. The van der Waals surface area contributed by atoms with Gasteiger partial charge in [-0.2, -0.15) is 0 Å². The van der Waals surface area contributed by atoms with E-state index in [9.17, 15) is 14.4 Å². The van der Waals surface area contributed by atoms with Crippen molar-refractivity contribution in [3.05, 3.63) is 119 Å². The number of amides is 4. The van der Waals surface area contributed by atoms with E-state index in [0.717, 1.165) is 65.7 Å². The van der Waals surface area contributed by atoms with E-state index in [0.29, 0.717) is 11.4 Å². The molecule has 258 valence electrons. The third-order valence-electron chi connectivity index (χ3n) is 8.70. The fraction of sp³-hybridized carbons (Fsp3) is 0.325. The summed E-state index contributed by atoms with van der Waals surface area (Å²) in [4.78, 5) is 37.5. The summed E-state index contributed by atoms with van der Waals surface area (Å²) in [5.74, 6) is 0. The van der Waals surface area contributed by atoms with Crippen molar-refractivity contribution in [3.8, 4) is 0 Å². The summed E-state index contributed by atoms with van der Waals surface area (Å²) in [6, 6.07) is 31.1. The van der Waals surface area contributed by atoms with E-state index in [4.69, 9.17) is 0 Å². The average Bonchev–Trinajstić information content (AvgIpc) is 3.08. The van der Waals surface area contributed by atoms with Crippen molar-refractivity contribution in [2.75, 3.05) is 21.3 Å². The Bertz CT molecular complexity index is 1680. The maximum atomic E-state index is 12.7. The summed E-state index contributed by atoms with van der Waals surface area (Å²) in [5, 5.41) is 11.7. The van der Waals surface area contributed by atoms with Gasteiger partial charge in [-0.25, -0.2) is 4.79 Å². The molecule has 9 heteroatoms. The zero-order valence-electron chi connectivity index (χ0n) is 29.3. The Morgan fingerprint density at radius 1 is 0.469 bits per heavy atom. The van der Waals surface area contributed by atoms with Gasteiger partial charge in [0, 0.05) is 32.2 Å². The first-order valence-corrected chi connectivity index (χ1v) is 18.4. The molecule has 0 spiro atoms. The van der Waals surface area contributed by atoms with Gasteiger partial charge in [-0.1, -0.05) is 107 Å². The lowest BCUT2D eigenvalue weighted by Gasteiger charge is -2.24. The molecule has 0 unspecified atom stereocenters. The van der Waals surface area contributed by atoms with Gasteiger partial charge in [-0.3, -0.25) is 9.59 Å². The van der Waals surface area contributed by atoms with Crippen LogP contribution in [0.1, 0.15) is 83.1 Å².